The van der Waals surface area contributed by atoms with Gasteiger partial charge in [0.05, 0.1) is 7.11 Å². The van der Waals surface area contributed by atoms with Crippen molar-refractivity contribution in [1.82, 2.24) is 0 Å². The molecule has 0 fully saturated rings. The first-order valence-corrected chi connectivity index (χ1v) is 6.37. The van der Waals surface area contributed by atoms with Crippen molar-refractivity contribution in [1.29, 1.82) is 0 Å². The molecule has 0 unspecified atom stereocenters. The lowest BCUT2D eigenvalue weighted by Gasteiger charge is -2.09. The molecule has 2 rings (SSSR count). The van der Waals surface area contributed by atoms with E-state index in [2.05, 4.69) is 0 Å². The number of ether oxygens (including phenoxy) is 2. The summed E-state index contributed by atoms with van der Waals surface area (Å²) in [5.74, 6) is 0.974. The maximum atomic E-state index is 13.9. The molecule has 0 heterocycles. The van der Waals surface area contributed by atoms with E-state index in [-0.39, 0.29) is 18.2 Å². The fraction of sp³-hybridized carbons (Fsp3) is 0.200. The maximum Gasteiger partial charge on any atom is 0.171 e. The minimum absolute atomic E-state index is 0.156. The Morgan fingerprint density at radius 3 is 2.47 bits per heavy atom. The van der Waals surface area contributed by atoms with E-state index in [9.17, 15) is 4.39 Å². The first-order chi connectivity index (χ1) is 9.24. The van der Waals surface area contributed by atoms with E-state index in [0.29, 0.717) is 17.2 Å². The maximum absolute atomic E-state index is 13.9. The van der Waals surface area contributed by atoms with Crippen molar-refractivity contribution in [3.05, 3.63) is 59.4 Å². The van der Waals surface area contributed by atoms with Crippen molar-refractivity contribution in [3.8, 4) is 11.5 Å². The fourth-order valence-electron chi connectivity index (χ4n) is 1.66. The van der Waals surface area contributed by atoms with Crippen LogP contribution < -0.4 is 9.47 Å². The molecule has 19 heavy (non-hydrogen) atoms. The van der Waals surface area contributed by atoms with Crippen molar-refractivity contribution in [2.24, 2.45) is 0 Å². The summed E-state index contributed by atoms with van der Waals surface area (Å²) in [6.07, 6.45) is 0. The van der Waals surface area contributed by atoms with Gasteiger partial charge in [-0.05, 0) is 23.8 Å². The average molecular weight is 281 g/mol. The van der Waals surface area contributed by atoms with Crippen molar-refractivity contribution in [3.63, 3.8) is 0 Å². The first-order valence-electron chi connectivity index (χ1n) is 5.83. The topological polar surface area (TPSA) is 18.5 Å². The van der Waals surface area contributed by atoms with Crippen LogP contribution in [-0.4, -0.2) is 7.11 Å². The van der Waals surface area contributed by atoms with E-state index in [0.717, 1.165) is 5.56 Å². The second-order valence-electron chi connectivity index (χ2n) is 4.00. The van der Waals surface area contributed by atoms with Crippen molar-refractivity contribution in [2.75, 3.05) is 7.11 Å². The molecule has 100 valence electrons. The summed E-state index contributed by atoms with van der Waals surface area (Å²) in [4.78, 5) is 0. The molecule has 0 aliphatic carbocycles. The minimum Gasteiger partial charge on any atom is -0.494 e. The van der Waals surface area contributed by atoms with Gasteiger partial charge in [-0.15, -0.1) is 11.6 Å². The van der Waals surface area contributed by atoms with Gasteiger partial charge in [-0.2, -0.15) is 0 Å². The highest BCUT2D eigenvalue weighted by atomic mass is 35.5. The molecule has 0 N–H and O–H groups in total. The van der Waals surface area contributed by atoms with Crippen molar-refractivity contribution in [2.45, 2.75) is 12.5 Å². The zero-order chi connectivity index (χ0) is 13.7. The molecule has 0 aliphatic rings. The summed E-state index contributed by atoms with van der Waals surface area (Å²) < 4.78 is 24.3. The normalized spacial score (nSPS) is 10.3. The molecule has 0 radical (unpaired) electrons. The van der Waals surface area contributed by atoms with Gasteiger partial charge >= 0.3 is 0 Å². The quantitative estimate of drug-likeness (QED) is 0.766. The van der Waals surface area contributed by atoms with E-state index in [4.69, 9.17) is 21.1 Å². The molecule has 0 bridgehead atoms. The number of hydrogen-bond donors (Lipinski definition) is 0. The van der Waals surface area contributed by atoms with E-state index in [1.807, 2.05) is 24.3 Å². The lowest BCUT2D eigenvalue weighted by Crippen LogP contribution is -2.00. The van der Waals surface area contributed by atoms with Gasteiger partial charge < -0.3 is 9.47 Å². The molecule has 0 saturated heterocycles. The van der Waals surface area contributed by atoms with Crippen LogP contribution in [0.25, 0.3) is 0 Å². The molecule has 0 aliphatic heterocycles. The highest BCUT2D eigenvalue weighted by molar-refractivity contribution is 6.17. The van der Waals surface area contributed by atoms with Crippen LogP contribution >= 0.6 is 11.6 Å². The molecular weight excluding hydrogens is 267 g/mol. The third-order valence-electron chi connectivity index (χ3n) is 2.74. The summed E-state index contributed by atoms with van der Waals surface area (Å²) in [6.45, 7) is 0.156. The fourth-order valence-corrected chi connectivity index (χ4v) is 1.84. The molecule has 0 aromatic heterocycles. The number of halogens is 2. The van der Waals surface area contributed by atoms with Crippen LogP contribution in [0, 0.1) is 5.82 Å². The van der Waals surface area contributed by atoms with Crippen LogP contribution in [0.3, 0.4) is 0 Å². The molecular formula is C15H14ClFO2. The molecule has 0 saturated carbocycles. The smallest absolute Gasteiger partial charge is 0.171 e. The van der Waals surface area contributed by atoms with Gasteiger partial charge in [-0.3, -0.25) is 0 Å². The predicted molar refractivity (Wildman–Crippen MR) is 73.3 cm³/mol. The van der Waals surface area contributed by atoms with Crippen LogP contribution in [0.2, 0.25) is 0 Å². The van der Waals surface area contributed by atoms with Crippen LogP contribution in [-0.2, 0) is 12.5 Å². The predicted octanol–water partition coefficient (Wildman–Crippen LogP) is 4.15. The molecule has 0 atom stereocenters. The van der Waals surface area contributed by atoms with Crippen LogP contribution in [0.15, 0.2) is 42.5 Å². The Labute approximate surface area is 116 Å². The molecule has 0 amide bonds. The number of methoxy groups -OCH3 is 1. The molecule has 0 spiro atoms. The van der Waals surface area contributed by atoms with Gasteiger partial charge in [0.15, 0.2) is 11.6 Å². The van der Waals surface area contributed by atoms with Crippen LogP contribution in [0.1, 0.15) is 11.1 Å². The first kappa shape index (κ1) is 13.7. The second-order valence-corrected chi connectivity index (χ2v) is 4.27. The summed E-state index contributed by atoms with van der Waals surface area (Å²) in [5.41, 5.74) is 1.47. The van der Waals surface area contributed by atoms with Crippen molar-refractivity contribution >= 4 is 11.6 Å². The van der Waals surface area contributed by atoms with Crippen LogP contribution in [0.5, 0.6) is 11.5 Å². The van der Waals surface area contributed by atoms with Gasteiger partial charge in [0, 0.05) is 11.4 Å². The summed E-state index contributed by atoms with van der Waals surface area (Å²) in [7, 11) is 1.44. The molecule has 2 nitrogen and oxygen atoms in total. The number of benzene rings is 2. The molecule has 4 heteroatoms. The Bertz CT molecular complexity index is 540. The third kappa shape index (κ3) is 3.38. The van der Waals surface area contributed by atoms with Gasteiger partial charge in [-0.25, -0.2) is 4.39 Å². The Morgan fingerprint density at radius 1 is 1.11 bits per heavy atom. The molecule has 2 aromatic carbocycles. The van der Waals surface area contributed by atoms with E-state index >= 15 is 0 Å². The highest BCUT2D eigenvalue weighted by Gasteiger charge is 2.08. The van der Waals surface area contributed by atoms with E-state index in [1.54, 1.807) is 18.2 Å². The van der Waals surface area contributed by atoms with Crippen molar-refractivity contribution < 1.29 is 13.9 Å². The Kier molecular flexibility index (Phi) is 4.63. The third-order valence-corrected chi connectivity index (χ3v) is 3.04. The summed E-state index contributed by atoms with van der Waals surface area (Å²) in [5, 5.41) is 0. The largest absolute Gasteiger partial charge is 0.494 e. The van der Waals surface area contributed by atoms with Crippen LogP contribution in [0.4, 0.5) is 4.39 Å². The Balaban J connectivity index is 2.05. The number of rotatable bonds is 5. The summed E-state index contributed by atoms with van der Waals surface area (Å²) >= 11 is 5.70. The zero-order valence-corrected chi connectivity index (χ0v) is 11.3. The average Bonchev–Trinajstić information content (AvgIpc) is 2.47. The monoisotopic (exact) mass is 280 g/mol. The SMILES string of the molecule is COc1cccc(COc2ccc(CCl)cc2)c1F. The second kappa shape index (κ2) is 6.43. The van der Waals surface area contributed by atoms with Gasteiger partial charge in [-0.1, -0.05) is 24.3 Å². The number of alkyl halides is 1. The minimum atomic E-state index is -0.387. The zero-order valence-electron chi connectivity index (χ0n) is 10.5. The Morgan fingerprint density at radius 2 is 1.84 bits per heavy atom. The van der Waals surface area contributed by atoms with E-state index in [1.165, 1.54) is 7.11 Å². The number of hydrogen-bond acceptors (Lipinski definition) is 2. The highest BCUT2D eigenvalue weighted by Crippen LogP contribution is 2.22. The van der Waals surface area contributed by atoms with E-state index < -0.39 is 0 Å². The lowest BCUT2D eigenvalue weighted by atomic mass is 10.2. The molecule has 2 aromatic rings. The van der Waals surface area contributed by atoms with Gasteiger partial charge in [0.25, 0.3) is 0 Å². The van der Waals surface area contributed by atoms with Gasteiger partial charge in [0.2, 0.25) is 0 Å². The standard InChI is InChI=1S/C15H14ClFO2/c1-18-14-4-2-3-12(15(14)17)10-19-13-7-5-11(9-16)6-8-13/h2-8H,9-10H2,1H3. The lowest BCUT2D eigenvalue weighted by molar-refractivity contribution is 0.295. The van der Waals surface area contributed by atoms with Gasteiger partial charge in [0.1, 0.15) is 12.4 Å². The summed E-state index contributed by atoms with van der Waals surface area (Å²) in [6, 6.07) is 12.4. The Hall–Kier alpha value is -1.74.